The number of rotatable bonds is 5. The molecule has 0 aromatic heterocycles. The van der Waals surface area contributed by atoms with Gasteiger partial charge in [-0.15, -0.1) is 0 Å². The number of hydrogen-bond acceptors (Lipinski definition) is 3. The van der Waals surface area contributed by atoms with Crippen LogP contribution in [0, 0.1) is 6.92 Å². The lowest BCUT2D eigenvalue weighted by Gasteiger charge is -2.21. The smallest absolute Gasteiger partial charge is 0.122 e. The molecule has 2 rings (SSSR count). The summed E-state index contributed by atoms with van der Waals surface area (Å²) in [4.78, 5) is 2.14. The summed E-state index contributed by atoms with van der Waals surface area (Å²) in [6.07, 6.45) is 0. The highest BCUT2D eigenvalue weighted by molar-refractivity contribution is 5.54. The lowest BCUT2D eigenvalue weighted by Crippen LogP contribution is -2.17. The SMILES string of the molecule is CNC(C)c1ccc(N(C)Cc2ccc(C)cc2)cc1O. The number of benzene rings is 2. The highest BCUT2D eigenvalue weighted by Gasteiger charge is 2.10. The van der Waals surface area contributed by atoms with E-state index in [4.69, 9.17) is 0 Å². The summed E-state index contributed by atoms with van der Waals surface area (Å²) in [6.45, 7) is 4.94. The zero-order chi connectivity index (χ0) is 15.4. The largest absolute Gasteiger partial charge is 0.508 e. The number of aryl methyl sites for hydroxylation is 1. The summed E-state index contributed by atoms with van der Waals surface area (Å²) in [6, 6.07) is 14.5. The second-order valence-corrected chi connectivity index (χ2v) is 5.60. The molecule has 112 valence electrons. The van der Waals surface area contributed by atoms with Crippen molar-refractivity contribution in [2.24, 2.45) is 0 Å². The van der Waals surface area contributed by atoms with Crippen LogP contribution >= 0.6 is 0 Å². The molecule has 0 aliphatic rings. The zero-order valence-electron chi connectivity index (χ0n) is 13.2. The highest BCUT2D eigenvalue weighted by atomic mass is 16.3. The Hall–Kier alpha value is -2.00. The van der Waals surface area contributed by atoms with Crippen LogP contribution in [0.3, 0.4) is 0 Å². The van der Waals surface area contributed by atoms with E-state index in [1.807, 2.05) is 33.2 Å². The quantitative estimate of drug-likeness (QED) is 0.880. The molecule has 0 amide bonds. The molecular formula is C18H24N2O. The van der Waals surface area contributed by atoms with E-state index in [1.54, 1.807) is 0 Å². The minimum absolute atomic E-state index is 0.140. The molecule has 0 heterocycles. The van der Waals surface area contributed by atoms with Gasteiger partial charge in [0.2, 0.25) is 0 Å². The number of phenolic OH excluding ortho intramolecular Hbond substituents is 1. The Bertz CT molecular complexity index is 593. The Morgan fingerprint density at radius 2 is 1.81 bits per heavy atom. The van der Waals surface area contributed by atoms with Crippen molar-refractivity contribution < 1.29 is 5.11 Å². The molecule has 0 saturated heterocycles. The van der Waals surface area contributed by atoms with Crippen molar-refractivity contribution in [2.45, 2.75) is 26.4 Å². The third-order valence-corrected chi connectivity index (χ3v) is 3.89. The van der Waals surface area contributed by atoms with Crippen molar-refractivity contribution >= 4 is 5.69 Å². The molecular weight excluding hydrogens is 260 g/mol. The van der Waals surface area contributed by atoms with Crippen LogP contribution in [0.15, 0.2) is 42.5 Å². The van der Waals surface area contributed by atoms with E-state index >= 15 is 0 Å². The molecule has 0 aliphatic heterocycles. The van der Waals surface area contributed by atoms with Crippen molar-refractivity contribution in [2.75, 3.05) is 19.0 Å². The fourth-order valence-corrected chi connectivity index (χ4v) is 2.35. The molecule has 2 aromatic carbocycles. The fraction of sp³-hybridized carbons (Fsp3) is 0.333. The van der Waals surface area contributed by atoms with Crippen LogP contribution in [-0.2, 0) is 6.54 Å². The van der Waals surface area contributed by atoms with Gasteiger partial charge in [-0.2, -0.15) is 0 Å². The van der Waals surface area contributed by atoms with Gasteiger partial charge in [0.05, 0.1) is 0 Å². The predicted octanol–water partition coefficient (Wildman–Crippen LogP) is 3.62. The first kappa shape index (κ1) is 15.4. The fourth-order valence-electron chi connectivity index (χ4n) is 2.35. The molecule has 0 saturated carbocycles. The predicted molar refractivity (Wildman–Crippen MR) is 88.9 cm³/mol. The van der Waals surface area contributed by atoms with Gasteiger partial charge in [0.1, 0.15) is 5.75 Å². The third-order valence-electron chi connectivity index (χ3n) is 3.89. The van der Waals surface area contributed by atoms with E-state index in [1.165, 1.54) is 11.1 Å². The van der Waals surface area contributed by atoms with Crippen LogP contribution in [0.1, 0.15) is 29.7 Å². The number of phenols is 1. The standard InChI is InChI=1S/C18H24N2O/c1-13-5-7-15(8-6-13)12-20(4)16-9-10-17(14(2)19-3)18(21)11-16/h5-11,14,19,21H,12H2,1-4H3. The van der Waals surface area contributed by atoms with Crippen molar-refractivity contribution in [3.63, 3.8) is 0 Å². The van der Waals surface area contributed by atoms with Gasteiger partial charge < -0.3 is 15.3 Å². The number of anilines is 1. The molecule has 2 N–H and O–H groups in total. The van der Waals surface area contributed by atoms with E-state index in [-0.39, 0.29) is 6.04 Å². The second-order valence-electron chi connectivity index (χ2n) is 5.60. The number of aromatic hydroxyl groups is 1. The molecule has 2 aromatic rings. The van der Waals surface area contributed by atoms with E-state index in [2.05, 4.69) is 47.5 Å². The molecule has 0 fully saturated rings. The monoisotopic (exact) mass is 284 g/mol. The van der Waals surface area contributed by atoms with Crippen molar-refractivity contribution in [3.8, 4) is 5.75 Å². The van der Waals surface area contributed by atoms with Gasteiger partial charge in [-0.1, -0.05) is 35.9 Å². The normalized spacial score (nSPS) is 12.2. The minimum Gasteiger partial charge on any atom is -0.508 e. The van der Waals surface area contributed by atoms with Crippen molar-refractivity contribution in [3.05, 3.63) is 59.2 Å². The molecule has 0 radical (unpaired) electrons. The lowest BCUT2D eigenvalue weighted by atomic mass is 10.1. The summed E-state index contributed by atoms with van der Waals surface area (Å²) in [5.74, 6) is 0.338. The third kappa shape index (κ3) is 3.76. The molecule has 0 spiro atoms. The minimum atomic E-state index is 0.140. The maximum atomic E-state index is 10.2. The Labute approximate surface area is 127 Å². The Morgan fingerprint density at radius 1 is 1.14 bits per heavy atom. The van der Waals surface area contributed by atoms with E-state index in [0.717, 1.165) is 17.8 Å². The van der Waals surface area contributed by atoms with Crippen LogP contribution < -0.4 is 10.2 Å². The average molecular weight is 284 g/mol. The summed E-state index contributed by atoms with van der Waals surface area (Å²) in [5.41, 5.74) is 4.46. The van der Waals surface area contributed by atoms with Crippen LogP contribution in [0.2, 0.25) is 0 Å². The summed E-state index contributed by atoms with van der Waals surface area (Å²) < 4.78 is 0. The molecule has 21 heavy (non-hydrogen) atoms. The van der Waals surface area contributed by atoms with E-state index < -0.39 is 0 Å². The van der Waals surface area contributed by atoms with Gasteiger partial charge in [0.15, 0.2) is 0 Å². The lowest BCUT2D eigenvalue weighted by molar-refractivity contribution is 0.458. The maximum Gasteiger partial charge on any atom is 0.122 e. The zero-order valence-corrected chi connectivity index (χ0v) is 13.2. The van der Waals surface area contributed by atoms with E-state index in [9.17, 15) is 5.11 Å². The topological polar surface area (TPSA) is 35.5 Å². The first-order valence-electron chi connectivity index (χ1n) is 7.28. The summed E-state index contributed by atoms with van der Waals surface area (Å²) >= 11 is 0. The van der Waals surface area contributed by atoms with Crippen molar-refractivity contribution in [1.29, 1.82) is 0 Å². The molecule has 3 nitrogen and oxygen atoms in total. The van der Waals surface area contributed by atoms with Crippen LogP contribution in [0.5, 0.6) is 5.75 Å². The number of hydrogen-bond donors (Lipinski definition) is 2. The van der Waals surface area contributed by atoms with Gasteiger partial charge in [0, 0.05) is 37.0 Å². The van der Waals surface area contributed by atoms with Crippen LogP contribution in [0.25, 0.3) is 0 Å². The molecule has 0 bridgehead atoms. The van der Waals surface area contributed by atoms with Crippen LogP contribution in [0.4, 0.5) is 5.69 Å². The Kier molecular flexibility index (Phi) is 4.86. The van der Waals surface area contributed by atoms with Gasteiger partial charge in [-0.05, 0) is 32.5 Å². The van der Waals surface area contributed by atoms with Gasteiger partial charge in [-0.3, -0.25) is 0 Å². The number of nitrogens with one attached hydrogen (secondary N) is 1. The summed E-state index contributed by atoms with van der Waals surface area (Å²) in [5, 5.41) is 13.3. The van der Waals surface area contributed by atoms with Crippen molar-refractivity contribution in [1.82, 2.24) is 5.32 Å². The molecule has 3 heteroatoms. The van der Waals surface area contributed by atoms with Crippen LogP contribution in [-0.4, -0.2) is 19.2 Å². The first-order valence-corrected chi connectivity index (χ1v) is 7.28. The second kappa shape index (κ2) is 6.64. The van der Waals surface area contributed by atoms with Gasteiger partial charge >= 0.3 is 0 Å². The summed E-state index contributed by atoms with van der Waals surface area (Å²) in [7, 11) is 3.93. The van der Waals surface area contributed by atoms with E-state index in [0.29, 0.717) is 5.75 Å². The molecule has 0 aliphatic carbocycles. The van der Waals surface area contributed by atoms with Gasteiger partial charge in [-0.25, -0.2) is 0 Å². The van der Waals surface area contributed by atoms with Gasteiger partial charge in [0.25, 0.3) is 0 Å². The molecule has 1 atom stereocenters. The molecule has 1 unspecified atom stereocenters. The maximum absolute atomic E-state index is 10.2. The highest BCUT2D eigenvalue weighted by Crippen LogP contribution is 2.29. The average Bonchev–Trinajstić information content (AvgIpc) is 2.48. The number of nitrogens with zero attached hydrogens (tertiary/aromatic N) is 1. The Morgan fingerprint density at radius 3 is 2.38 bits per heavy atom. The first-order chi connectivity index (χ1) is 10.0. The Balaban J connectivity index is 2.14.